The average Bonchev–Trinajstić information content (AvgIpc) is 3.14. The molecule has 4 heteroatoms. The van der Waals surface area contributed by atoms with Crippen LogP contribution in [0.25, 0.3) is 0 Å². The van der Waals surface area contributed by atoms with Crippen molar-refractivity contribution in [3.63, 3.8) is 0 Å². The number of ether oxygens (including phenoxy) is 2. The third-order valence-electron chi connectivity index (χ3n) is 6.19. The molecule has 0 fully saturated rings. The van der Waals surface area contributed by atoms with E-state index in [-0.39, 0.29) is 23.1 Å². The molecule has 0 saturated heterocycles. The van der Waals surface area contributed by atoms with E-state index in [0.29, 0.717) is 18.6 Å². The van der Waals surface area contributed by atoms with E-state index in [1.807, 2.05) is 84.9 Å². The summed E-state index contributed by atoms with van der Waals surface area (Å²) in [5.41, 5.74) is 1.40. The van der Waals surface area contributed by atoms with Gasteiger partial charge < -0.3 is 9.47 Å². The van der Waals surface area contributed by atoms with Crippen molar-refractivity contribution >= 4 is 11.6 Å². The van der Waals surface area contributed by atoms with Gasteiger partial charge in [0, 0.05) is 24.0 Å². The smallest absolute Gasteiger partial charge is 0.222 e. The first-order valence-corrected chi connectivity index (χ1v) is 10.4. The zero-order valence-corrected chi connectivity index (χ0v) is 17.2. The van der Waals surface area contributed by atoms with Gasteiger partial charge in [0.2, 0.25) is 11.4 Å². The Hall–Kier alpha value is -3.66. The minimum absolute atomic E-state index is 0.0349. The van der Waals surface area contributed by atoms with E-state index in [9.17, 15) is 9.59 Å². The maximum Gasteiger partial charge on any atom is 0.222 e. The maximum absolute atomic E-state index is 13.8. The first-order valence-electron chi connectivity index (χ1n) is 10.4. The molecule has 1 heterocycles. The Morgan fingerprint density at radius 1 is 0.806 bits per heavy atom. The number of rotatable bonds is 4. The number of benzene rings is 3. The van der Waals surface area contributed by atoms with Gasteiger partial charge in [-0.05, 0) is 23.6 Å². The fraction of sp³-hybridized carbons (Fsp3) is 0.185. The number of Topliss-reactive ketones (excluding diaryl/α,β-unsaturated/α-hetero) is 2. The zero-order valence-electron chi connectivity index (χ0n) is 17.2. The summed E-state index contributed by atoms with van der Waals surface area (Å²) in [5, 5.41) is 0. The molecule has 3 aromatic carbocycles. The number of carbonyl (C=O) groups excluding carboxylic acids is 2. The van der Waals surface area contributed by atoms with Gasteiger partial charge in [-0.1, -0.05) is 72.8 Å². The van der Waals surface area contributed by atoms with E-state index >= 15 is 0 Å². The second-order valence-electron chi connectivity index (χ2n) is 7.94. The maximum atomic E-state index is 13.8. The summed E-state index contributed by atoms with van der Waals surface area (Å²) in [6, 6.07) is 26.6. The van der Waals surface area contributed by atoms with Gasteiger partial charge in [-0.15, -0.1) is 0 Å². The number of methoxy groups -OCH3 is 1. The van der Waals surface area contributed by atoms with Gasteiger partial charge in [0.15, 0.2) is 5.78 Å². The van der Waals surface area contributed by atoms with Crippen LogP contribution in [0, 0.1) is 0 Å². The van der Waals surface area contributed by atoms with Gasteiger partial charge in [-0.3, -0.25) is 9.59 Å². The minimum atomic E-state index is -1.32. The molecule has 1 aliphatic carbocycles. The lowest BCUT2D eigenvalue weighted by atomic mass is 9.77. The Balaban J connectivity index is 1.56. The molecule has 154 valence electrons. The summed E-state index contributed by atoms with van der Waals surface area (Å²) in [7, 11) is 1.63. The lowest BCUT2D eigenvalue weighted by Crippen LogP contribution is -2.36. The van der Waals surface area contributed by atoms with Crippen molar-refractivity contribution in [3.05, 3.63) is 113 Å². The molecule has 1 atom stereocenters. The summed E-state index contributed by atoms with van der Waals surface area (Å²) >= 11 is 0. The Labute approximate surface area is 181 Å². The predicted octanol–water partition coefficient (Wildman–Crippen LogP) is 4.94. The standard InChI is InChI=1S/C27H22O4/c1-30-22-14-12-18(13-15-22)19-16-23(28)25-24(17-19)31-27(26(25)29,20-8-4-2-5-9-20)21-10-6-3-7-11-21/h2-15,19H,16-17H2,1H3. The summed E-state index contributed by atoms with van der Waals surface area (Å²) < 4.78 is 11.7. The molecule has 0 radical (unpaired) electrons. The zero-order chi connectivity index (χ0) is 21.4. The molecule has 3 aromatic rings. The van der Waals surface area contributed by atoms with E-state index in [0.717, 1.165) is 22.4 Å². The third-order valence-corrected chi connectivity index (χ3v) is 6.19. The molecule has 0 spiro atoms. The van der Waals surface area contributed by atoms with Crippen LogP contribution in [0.1, 0.15) is 35.4 Å². The van der Waals surface area contributed by atoms with Crippen molar-refractivity contribution < 1.29 is 19.1 Å². The highest BCUT2D eigenvalue weighted by Crippen LogP contribution is 2.49. The second kappa shape index (κ2) is 7.55. The lowest BCUT2D eigenvalue weighted by Gasteiger charge is -2.30. The molecule has 2 aliphatic rings. The monoisotopic (exact) mass is 410 g/mol. The molecule has 5 rings (SSSR count). The summed E-state index contributed by atoms with van der Waals surface area (Å²) in [6.45, 7) is 0. The Kier molecular flexibility index (Phi) is 4.70. The Morgan fingerprint density at radius 2 is 1.39 bits per heavy atom. The molecule has 0 aromatic heterocycles. The van der Waals surface area contributed by atoms with E-state index in [1.54, 1.807) is 7.11 Å². The van der Waals surface area contributed by atoms with Crippen molar-refractivity contribution in [2.45, 2.75) is 24.4 Å². The van der Waals surface area contributed by atoms with Gasteiger partial charge in [-0.25, -0.2) is 0 Å². The first-order chi connectivity index (χ1) is 15.1. The molecule has 0 N–H and O–H groups in total. The second-order valence-corrected chi connectivity index (χ2v) is 7.94. The van der Waals surface area contributed by atoms with Crippen LogP contribution in [-0.2, 0) is 19.9 Å². The van der Waals surface area contributed by atoms with Crippen LogP contribution in [0.2, 0.25) is 0 Å². The quantitative estimate of drug-likeness (QED) is 0.572. The first kappa shape index (κ1) is 19.3. The summed E-state index contributed by atoms with van der Waals surface area (Å²) in [5.74, 6) is 0.811. The molecule has 0 bridgehead atoms. The van der Waals surface area contributed by atoms with Crippen LogP contribution in [0.3, 0.4) is 0 Å². The van der Waals surface area contributed by atoms with Gasteiger partial charge in [0.25, 0.3) is 0 Å². The van der Waals surface area contributed by atoms with E-state index < -0.39 is 5.60 Å². The highest BCUT2D eigenvalue weighted by atomic mass is 16.5. The number of ketones is 2. The van der Waals surface area contributed by atoms with Crippen LogP contribution in [0.4, 0.5) is 0 Å². The van der Waals surface area contributed by atoms with Crippen LogP contribution >= 0.6 is 0 Å². The van der Waals surface area contributed by atoms with E-state index in [1.165, 1.54) is 0 Å². The number of hydrogen-bond acceptors (Lipinski definition) is 4. The average molecular weight is 410 g/mol. The van der Waals surface area contributed by atoms with Crippen molar-refractivity contribution in [1.29, 1.82) is 0 Å². The van der Waals surface area contributed by atoms with Gasteiger partial charge in [0.1, 0.15) is 17.1 Å². The number of hydrogen-bond donors (Lipinski definition) is 0. The molecule has 31 heavy (non-hydrogen) atoms. The van der Waals surface area contributed by atoms with Crippen LogP contribution in [0.15, 0.2) is 96.3 Å². The van der Waals surface area contributed by atoms with E-state index in [2.05, 4.69) is 0 Å². The van der Waals surface area contributed by atoms with Crippen LogP contribution < -0.4 is 4.74 Å². The molecule has 0 amide bonds. The summed E-state index contributed by atoms with van der Waals surface area (Å²) in [4.78, 5) is 26.9. The molecule has 0 saturated carbocycles. The highest BCUT2D eigenvalue weighted by Gasteiger charge is 2.55. The SMILES string of the molecule is COc1ccc(C2CC(=O)C3=C(C2)OC(c2ccccc2)(c2ccccc2)C3=O)cc1. The third kappa shape index (κ3) is 3.07. The Morgan fingerprint density at radius 3 is 1.94 bits per heavy atom. The van der Waals surface area contributed by atoms with Crippen molar-refractivity contribution in [2.24, 2.45) is 0 Å². The van der Waals surface area contributed by atoms with Gasteiger partial charge >= 0.3 is 0 Å². The molecule has 4 nitrogen and oxygen atoms in total. The predicted molar refractivity (Wildman–Crippen MR) is 117 cm³/mol. The molecule has 1 aliphatic heterocycles. The normalized spacial score (nSPS) is 19.7. The molecular formula is C27H22O4. The largest absolute Gasteiger partial charge is 0.497 e. The fourth-order valence-corrected chi connectivity index (χ4v) is 4.64. The molecule has 1 unspecified atom stereocenters. The fourth-order valence-electron chi connectivity index (χ4n) is 4.64. The number of carbonyl (C=O) groups is 2. The van der Waals surface area contributed by atoms with Crippen molar-refractivity contribution in [3.8, 4) is 5.75 Å². The Bertz CT molecular complexity index is 1120. The summed E-state index contributed by atoms with van der Waals surface area (Å²) in [6.07, 6.45) is 0.806. The van der Waals surface area contributed by atoms with Gasteiger partial charge in [-0.2, -0.15) is 0 Å². The topological polar surface area (TPSA) is 52.6 Å². The number of allylic oxidation sites excluding steroid dienone is 1. The van der Waals surface area contributed by atoms with E-state index in [4.69, 9.17) is 9.47 Å². The lowest BCUT2D eigenvalue weighted by molar-refractivity contribution is -0.129. The van der Waals surface area contributed by atoms with Crippen LogP contribution in [0.5, 0.6) is 5.75 Å². The molecular weight excluding hydrogens is 388 g/mol. The minimum Gasteiger partial charge on any atom is -0.497 e. The van der Waals surface area contributed by atoms with Crippen molar-refractivity contribution in [2.75, 3.05) is 7.11 Å². The highest BCUT2D eigenvalue weighted by molar-refractivity contribution is 6.26. The van der Waals surface area contributed by atoms with Gasteiger partial charge in [0.05, 0.1) is 7.11 Å². The van der Waals surface area contributed by atoms with Crippen LogP contribution in [-0.4, -0.2) is 18.7 Å². The van der Waals surface area contributed by atoms with Crippen molar-refractivity contribution in [1.82, 2.24) is 0 Å².